The normalized spacial score (nSPS) is 39.8. The van der Waals surface area contributed by atoms with Crippen molar-refractivity contribution in [2.75, 3.05) is 41.4 Å². The second-order valence-corrected chi connectivity index (χ2v) is 12.8. The molecule has 9 heteroatoms. The quantitative estimate of drug-likeness (QED) is 0.406. The zero-order chi connectivity index (χ0) is 29.4. The fraction of sp³-hybridized carbons (Fsp3) is 0.742. The van der Waals surface area contributed by atoms with Crippen LogP contribution in [0.4, 0.5) is 0 Å². The van der Waals surface area contributed by atoms with Gasteiger partial charge in [0.25, 0.3) is 0 Å². The topological polar surface area (TPSA) is 86.8 Å². The molecule has 0 radical (unpaired) electrons. The van der Waals surface area contributed by atoms with Gasteiger partial charge in [-0.1, -0.05) is 44.2 Å². The van der Waals surface area contributed by atoms with Gasteiger partial charge >= 0.3 is 5.97 Å². The molecule has 9 atom stereocenters. The first kappa shape index (κ1) is 31.1. The van der Waals surface area contributed by atoms with E-state index in [-0.39, 0.29) is 36.5 Å². The third-order valence-corrected chi connectivity index (χ3v) is 8.96. The molecule has 9 nitrogen and oxygen atoms in total. The SMILES string of the molecule is CO[C@]12C[C@@H](C)CN(C)[C@H](c3ccccc3)COC(=O)C(C)(C)C(=O)[C@H](C)[C@H]1O[C@@H]1O[C@H](C)C[C@H](N(C)C)[C@H]1O2. The number of methoxy groups -OCH3 is 1. The van der Waals surface area contributed by atoms with Crippen molar-refractivity contribution in [2.24, 2.45) is 17.3 Å². The number of cyclic esters (lactones) is 1. The molecular weight excluding hydrogens is 512 g/mol. The van der Waals surface area contributed by atoms with Crippen LogP contribution in [0.2, 0.25) is 0 Å². The Hall–Kier alpha value is -1.88. The van der Waals surface area contributed by atoms with E-state index in [1.54, 1.807) is 27.9 Å². The molecule has 0 spiro atoms. The van der Waals surface area contributed by atoms with Crippen LogP contribution in [-0.4, -0.2) is 99.4 Å². The summed E-state index contributed by atoms with van der Waals surface area (Å²) in [6, 6.07) is 9.86. The molecule has 40 heavy (non-hydrogen) atoms. The van der Waals surface area contributed by atoms with Gasteiger partial charge in [0.15, 0.2) is 17.9 Å². The maximum absolute atomic E-state index is 14.0. The molecule has 0 bridgehead atoms. The maximum atomic E-state index is 14.0. The number of hydrogen-bond donors (Lipinski definition) is 0. The monoisotopic (exact) mass is 560 g/mol. The highest BCUT2D eigenvalue weighted by Gasteiger charge is 2.59. The van der Waals surface area contributed by atoms with E-state index in [0.717, 1.165) is 12.0 Å². The molecule has 0 aliphatic carbocycles. The molecule has 0 aromatic heterocycles. The first-order valence-corrected chi connectivity index (χ1v) is 14.5. The van der Waals surface area contributed by atoms with Gasteiger partial charge in [-0.05, 0) is 59.8 Å². The minimum Gasteiger partial charge on any atom is -0.463 e. The summed E-state index contributed by atoms with van der Waals surface area (Å²) in [6.07, 6.45) is -0.615. The van der Waals surface area contributed by atoms with Gasteiger partial charge in [0, 0.05) is 32.0 Å². The van der Waals surface area contributed by atoms with E-state index in [4.69, 9.17) is 23.7 Å². The molecule has 4 rings (SSSR count). The molecule has 3 saturated heterocycles. The van der Waals surface area contributed by atoms with Gasteiger partial charge in [0.2, 0.25) is 0 Å². The van der Waals surface area contributed by atoms with E-state index in [2.05, 4.69) is 16.7 Å². The maximum Gasteiger partial charge on any atom is 0.319 e. The van der Waals surface area contributed by atoms with Gasteiger partial charge in [-0.2, -0.15) is 0 Å². The van der Waals surface area contributed by atoms with Crippen LogP contribution >= 0.6 is 0 Å². The largest absolute Gasteiger partial charge is 0.463 e. The van der Waals surface area contributed by atoms with E-state index in [9.17, 15) is 9.59 Å². The lowest BCUT2D eigenvalue weighted by Crippen LogP contribution is -2.69. The van der Waals surface area contributed by atoms with Gasteiger partial charge in [0.1, 0.15) is 24.2 Å². The van der Waals surface area contributed by atoms with Crippen LogP contribution in [0.1, 0.15) is 59.1 Å². The van der Waals surface area contributed by atoms with Gasteiger partial charge < -0.3 is 28.6 Å². The number of Topliss-reactive ketones (excluding diaryl/α,β-unsaturated/α-hetero) is 1. The van der Waals surface area contributed by atoms with Crippen molar-refractivity contribution in [3.63, 3.8) is 0 Å². The van der Waals surface area contributed by atoms with Crippen molar-refractivity contribution in [1.29, 1.82) is 0 Å². The predicted octanol–water partition coefficient (Wildman–Crippen LogP) is 3.67. The van der Waals surface area contributed by atoms with Crippen molar-refractivity contribution < 1.29 is 33.3 Å². The number of likely N-dealkylation sites (N-methyl/N-ethyl adjacent to an activating group) is 2. The van der Waals surface area contributed by atoms with E-state index in [0.29, 0.717) is 13.0 Å². The molecule has 0 unspecified atom stereocenters. The number of hydrogen-bond acceptors (Lipinski definition) is 9. The fourth-order valence-electron chi connectivity index (χ4n) is 6.69. The first-order valence-electron chi connectivity index (χ1n) is 14.5. The number of nitrogens with zero attached hydrogens (tertiary/aromatic N) is 2. The van der Waals surface area contributed by atoms with Crippen molar-refractivity contribution in [3.05, 3.63) is 35.9 Å². The minimum absolute atomic E-state index is 0.0398. The highest BCUT2D eigenvalue weighted by atomic mass is 16.8. The second-order valence-electron chi connectivity index (χ2n) is 12.8. The Kier molecular flexibility index (Phi) is 9.44. The molecule has 3 fully saturated rings. The Morgan fingerprint density at radius 3 is 2.35 bits per heavy atom. The Bertz CT molecular complexity index is 1030. The zero-order valence-corrected chi connectivity index (χ0v) is 25.6. The Labute approximate surface area is 239 Å². The van der Waals surface area contributed by atoms with Gasteiger partial charge in [-0.15, -0.1) is 0 Å². The van der Waals surface area contributed by atoms with Crippen LogP contribution in [0.5, 0.6) is 0 Å². The van der Waals surface area contributed by atoms with Crippen LogP contribution in [0.15, 0.2) is 30.3 Å². The molecule has 1 aromatic rings. The molecule has 3 aliphatic heterocycles. The molecule has 0 amide bonds. The summed E-state index contributed by atoms with van der Waals surface area (Å²) in [5, 5.41) is 0. The van der Waals surface area contributed by atoms with E-state index in [1.165, 1.54) is 0 Å². The number of benzene rings is 1. The summed E-state index contributed by atoms with van der Waals surface area (Å²) in [5.74, 6) is -2.69. The molecule has 0 saturated carbocycles. The third-order valence-electron chi connectivity index (χ3n) is 8.96. The number of ketones is 1. The average molecular weight is 561 g/mol. The molecule has 0 N–H and O–H groups in total. The van der Waals surface area contributed by atoms with Gasteiger partial charge in [-0.3, -0.25) is 14.5 Å². The van der Waals surface area contributed by atoms with Crippen molar-refractivity contribution in [1.82, 2.24) is 9.80 Å². The summed E-state index contributed by atoms with van der Waals surface area (Å²) in [5.41, 5.74) is -0.357. The minimum atomic E-state index is -1.40. The van der Waals surface area contributed by atoms with Crippen LogP contribution in [0.3, 0.4) is 0 Å². The summed E-state index contributed by atoms with van der Waals surface area (Å²) in [7, 11) is 7.71. The number of ether oxygens (including phenoxy) is 5. The standard InChI is InChI=1S/C31H48N2O7/c1-19-16-31(36-9)27(39-28-25(40-31)23(32(6)7)15-20(2)38-28)21(3)26(34)30(4,5)29(35)37-18-24(33(8)17-19)22-13-11-10-12-14-22/h10-14,19-21,23-25,27-28H,15-18H2,1-9H3/t19-,20-,21+,23+,24+,25-,27-,28+,31+/m1/s1. The summed E-state index contributed by atoms with van der Waals surface area (Å²) in [6.45, 7) is 10.0. The molecule has 3 aliphatic rings. The van der Waals surface area contributed by atoms with Gasteiger partial charge in [0.05, 0.1) is 12.1 Å². The number of carbonyl (C=O) groups excluding carboxylic acids is 2. The van der Waals surface area contributed by atoms with Crippen LogP contribution in [-0.2, 0) is 33.3 Å². The average Bonchev–Trinajstić information content (AvgIpc) is 2.91. The second kappa shape index (κ2) is 12.2. The number of carbonyl (C=O) groups is 2. The Balaban J connectivity index is 1.76. The summed E-state index contributed by atoms with van der Waals surface area (Å²) < 4.78 is 31.9. The van der Waals surface area contributed by atoms with E-state index in [1.807, 2.05) is 58.4 Å². The molecule has 224 valence electrons. The molecule has 1 aromatic carbocycles. The third kappa shape index (κ3) is 6.01. The lowest BCUT2D eigenvalue weighted by Gasteiger charge is -2.55. The van der Waals surface area contributed by atoms with Crippen molar-refractivity contribution in [2.45, 2.75) is 89.9 Å². The Morgan fingerprint density at radius 2 is 1.73 bits per heavy atom. The highest BCUT2D eigenvalue weighted by molar-refractivity contribution is 6.04. The predicted molar refractivity (Wildman–Crippen MR) is 150 cm³/mol. The summed E-state index contributed by atoms with van der Waals surface area (Å²) >= 11 is 0. The van der Waals surface area contributed by atoms with Crippen molar-refractivity contribution in [3.8, 4) is 0 Å². The first-order chi connectivity index (χ1) is 18.8. The summed E-state index contributed by atoms with van der Waals surface area (Å²) in [4.78, 5) is 31.8. The molecule has 3 heterocycles. The van der Waals surface area contributed by atoms with Crippen LogP contribution in [0.25, 0.3) is 0 Å². The number of fused-ring (bicyclic) bond motifs is 2. The van der Waals surface area contributed by atoms with E-state index < -0.39 is 41.6 Å². The van der Waals surface area contributed by atoms with Crippen LogP contribution < -0.4 is 0 Å². The van der Waals surface area contributed by atoms with Crippen LogP contribution in [0, 0.1) is 17.3 Å². The van der Waals surface area contributed by atoms with Gasteiger partial charge in [-0.25, -0.2) is 0 Å². The van der Waals surface area contributed by atoms with E-state index >= 15 is 0 Å². The highest BCUT2D eigenvalue weighted by Crippen LogP contribution is 2.45. The Morgan fingerprint density at radius 1 is 1.05 bits per heavy atom. The lowest BCUT2D eigenvalue weighted by atomic mass is 9.76. The van der Waals surface area contributed by atoms with Crippen molar-refractivity contribution >= 4 is 11.8 Å². The zero-order valence-electron chi connectivity index (χ0n) is 25.6. The lowest BCUT2D eigenvalue weighted by molar-refractivity contribution is -0.424. The smallest absolute Gasteiger partial charge is 0.319 e. The molecular formula is C31H48N2O7. The number of esters is 1. The fourth-order valence-corrected chi connectivity index (χ4v) is 6.69. The number of rotatable bonds is 3.